The number of rotatable bonds is 7. The number of hydrogen-bond donors (Lipinski definition) is 1. The molecule has 1 saturated heterocycles. The van der Waals surface area contributed by atoms with Gasteiger partial charge in [0.1, 0.15) is 5.75 Å². The highest BCUT2D eigenvalue weighted by Crippen LogP contribution is 2.26. The van der Waals surface area contributed by atoms with Crippen LogP contribution < -0.4 is 10.1 Å². The summed E-state index contributed by atoms with van der Waals surface area (Å²) >= 11 is 0. The van der Waals surface area contributed by atoms with Crippen LogP contribution in [0.15, 0.2) is 24.3 Å². The monoisotopic (exact) mass is 318 g/mol. The predicted octanol–water partition coefficient (Wildman–Crippen LogP) is 3.38. The summed E-state index contributed by atoms with van der Waals surface area (Å²) in [6.45, 7) is 9.42. The van der Waals surface area contributed by atoms with Gasteiger partial charge >= 0.3 is 0 Å². The van der Waals surface area contributed by atoms with Crippen molar-refractivity contribution in [2.24, 2.45) is 5.92 Å². The van der Waals surface area contributed by atoms with Crippen molar-refractivity contribution in [3.05, 3.63) is 29.8 Å². The summed E-state index contributed by atoms with van der Waals surface area (Å²) in [7, 11) is 0. The minimum Gasteiger partial charge on any atom is -0.494 e. The molecular formula is C19H30N2O2. The lowest BCUT2D eigenvalue weighted by molar-refractivity contribution is -0.124. The minimum atomic E-state index is 0.0253. The number of amides is 1. The van der Waals surface area contributed by atoms with E-state index in [4.69, 9.17) is 4.74 Å². The third kappa shape index (κ3) is 5.24. The highest BCUT2D eigenvalue weighted by Gasteiger charge is 2.23. The second kappa shape index (κ2) is 8.92. The van der Waals surface area contributed by atoms with Crippen molar-refractivity contribution >= 4 is 5.91 Å². The Morgan fingerprint density at radius 3 is 2.39 bits per heavy atom. The van der Waals surface area contributed by atoms with Gasteiger partial charge in [-0.25, -0.2) is 0 Å². The van der Waals surface area contributed by atoms with Crippen LogP contribution in [0.25, 0.3) is 0 Å². The number of ether oxygens (including phenoxy) is 1. The van der Waals surface area contributed by atoms with Crippen molar-refractivity contribution < 1.29 is 9.53 Å². The maximum Gasteiger partial charge on any atom is 0.222 e. The topological polar surface area (TPSA) is 41.6 Å². The smallest absolute Gasteiger partial charge is 0.222 e. The van der Waals surface area contributed by atoms with Crippen molar-refractivity contribution in [1.82, 2.24) is 10.2 Å². The molecule has 0 aliphatic carbocycles. The lowest BCUT2D eigenvalue weighted by Gasteiger charge is -2.35. The van der Waals surface area contributed by atoms with Crippen LogP contribution in [-0.4, -0.2) is 37.0 Å². The zero-order valence-electron chi connectivity index (χ0n) is 14.7. The van der Waals surface area contributed by atoms with E-state index >= 15 is 0 Å². The van der Waals surface area contributed by atoms with E-state index < -0.39 is 0 Å². The summed E-state index contributed by atoms with van der Waals surface area (Å²) in [4.78, 5) is 14.5. The number of nitrogens with zero attached hydrogens (tertiary/aromatic N) is 1. The standard InChI is InChI=1S/C19H30N2O2/c1-4-23-17-10-8-16(9-11-17)18(14-20-19(22)15(2)3)21-12-6-5-7-13-21/h8-11,15,18H,4-7,12-14H2,1-3H3,(H,20,22). The van der Waals surface area contributed by atoms with Gasteiger partial charge < -0.3 is 10.1 Å². The van der Waals surface area contributed by atoms with Gasteiger partial charge in [-0.05, 0) is 50.6 Å². The molecule has 4 heteroatoms. The van der Waals surface area contributed by atoms with Crippen LogP contribution in [0.3, 0.4) is 0 Å². The molecule has 1 aromatic rings. The fourth-order valence-corrected chi connectivity index (χ4v) is 3.04. The Balaban J connectivity index is 2.09. The molecule has 0 spiro atoms. The van der Waals surface area contributed by atoms with Gasteiger partial charge in [0, 0.05) is 12.5 Å². The van der Waals surface area contributed by atoms with E-state index in [0.717, 1.165) is 18.8 Å². The fraction of sp³-hybridized carbons (Fsp3) is 0.632. The van der Waals surface area contributed by atoms with Gasteiger partial charge in [0.05, 0.1) is 12.6 Å². The van der Waals surface area contributed by atoms with Crippen molar-refractivity contribution in [1.29, 1.82) is 0 Å². The molecular weight excluding hydrogens is 288 g/mol. The van der Waals surface area contributed by atoms with E-state index in [1.54, 1.807) is 0 Å². The van der Waals surface area contributed by atoms with Crippen LogP contribution in [0.1, 0.15) is 51.6 Å². The van der Waals surface area contributed by atoms with Gasteiger partial charge in [-0.1, -0.05) is 32.4 Å². The molecule has 1 heterocycles. The normalized spacial score (nSPS) is 17.0. The second-order valence-electron chi connectivity index (χ2n) is 6.51. The van der Waals surface area contributed by atoms with Gasteiger partial charge in [0.15, 0.2) is 0 Å². The Morgan fingerprint density at radius 2 is 1.83 bits per heavy atom. The van der Waals surface area contributed by atoms with E-state index in [9.17, 15) is 4.79 Å². The first-order valence-electron chi connectivity index (χ1n) is 8.86. The molecule has 1 N–H and O–H groups in total. The van der Waals surface area contributed by atoms with Crippen LogP contribution in [0.5, 0.6) is 5.75 Å². The fourth-order valence-electron chi connectivity index (χ4n) is 3.04. The highest BCUT2D eigenvalue weighted by atomic mass is 16.5. The molecule has 1 unspecified atom stereocenters. The number of piperidine rings is 1. The summed E-state index contributed by atoms with van der Waals surface area (Å²) in [5.41, 5.74) is 1.25. The molecule has 1 amide bonds. The van der Waals surface area contributed by atoms with Crippen LogP contribution in [0, 0.1) is 5.92 Å². The summed E-state index contributed by atoms with van der Waals surface area (Å²) in [6, 6.07) is 8.56. The zero-order chi connectivity index (χ0) is 16.7. The largest absolute Gasteiger partial charge is 0.494 e. The first-order valence-corrected chi connectivity index (χ1v) is 8.86. The zero-order valence-corrected chi connectivity index (χ0v) is 14.7. The van der Waals surface area contributed by atoms with Gasteiger partial charge in [-0.2, -0.15) is 0 Å². The van der Waals surface area contributed by atoms with Crippen molar-refractivity contribution in [3.8, 4) is 5.75 Å². The molecule has 0 aromatic heterocycles. The Labute approximate surface area is 140 Å². The molecule has 1 atom stereocenters. The molecule has 2 rings (SSSR count). The molecule has 23 heavy (non-hydrogen) atoms. The number of benzene rings is 1. The molecule has 0 bridgehead atoms. The SMILES string of the molecule is CCOc1ccc(C(CNC(=O)C(C)C)N2CCCCC2)cc1. The van der Waals surface area contributed by atoms with E-state index in [1.165, 1.54) is 24.8 Å². The minimum absolute atomic E-state index is 0.0253. The maximum absolute atomic E-state index is 12.0. The molecule has 1 aliphatic rings. The number of likely N-dealkylation sites (tertiary alicyclic amines) is 1. The predicted molar refractivity (Wildman–Crippen MR) is 93.6 cm³/mol. The van der Waals surface area contributed by atoms with Crippen LogP contribution in [0.4, 0.5) is 0 Å². The van der Waals surface area contributed by atoms with Gasteiger partial charge in [0.2, 0.25) is 5.91 Å². The first-order chi connectivity index (χ1) is 11.1. The average Bonchev–Trinajstić information content (AvgIpc) is 2.57. The third-order valence-corrected chi connectivity index (χ3v) is 4.40. The molecule has 4 nitrogen and oxygen atoms in total. The summed E-state index contributed by atoms with van der Waals surface area (Å²) in [5.74, 6) is 1.05. The van der Waals surface area contributed by atoms with Crippen molar-refractivity contribution in [3.63, 3.8) is 0 Å². The summed E-state index contributed by atoms with van der Waals surface area (Å²) in [6.07, 6.45) is 3.79. The number of hydrogen-bond acceptors (Lipinski definition) is 3. The lowest BCUT2D eigenvalue weighted by atomic mass is 10.0. The van der Waals surface area contributed by atoms with E-state index in [-0.39, 0.29) is 17.9 Å². The lowest BCUT2D eigenvalue weighted by Crippen LogP contribution is -2.41. The third-order valence-electron chi connectivity index (χ3n) is 4.40. The Morgan fingerprint density at radius 1 is 1.17 bits per heavy atom. The summed E-state index contributed by atoms with van der Waals surface area (Å²) < 4.78 is 5.53. The summed E-state index contributed by atoms with van der Waals surface area (Å²) in [5, 5.41) is 3.11. The van der Waals surface area contributed by atoms with Crippen LogP contribution in [-0.2, 0) is 4.79 Å². The quantitative estimate of drug-likeness (QED) is 0.838. The van der Waals surface area contributed by atoms with E-state index in [0.29, 0.717) is 13.2 Å². The van der Waals surface area contributed by atoms with Crippen molar-refractivity contribution in [2.75, 3.05) is 26.2 Å². The Kier molecular flexibility index (Phi) is 6.90. The molecule has 1 aromatic carbocycles. The second-order valence-corrected chi connectivity index (χ2v) is 6.51. The first kappa shape index (κ1) is 17.8. The molecule has 1 aliphatic heterocycles. The van der Waals surface area contributed by atoms with E-state index in [1.807, 2.05) is 32.9 Å². The molecule has 0 radical (unpaired) electrons. The molecule has 1 fully saturated rings. The maximum atomic E-state index is 12.0. The van der Waals surface area contributed by atoms with Crippen molar-refractivity contribution in [2.45, 2.75) is 46.1 Å². The highest BCUT2D eigenvalue weighted by molar-refractivity contribution is 5.77. The molecule has 128 valence electrons. The van der Waals surface area contributed by atoms with E-state index in [2.05, 4.69) is 22.3 Å². The van der Waals surface area contributed by atoms with Gasteiger partial charge in [0.25, 0.3) is 0 Å². The Hall–Kier alpha value is -1.55. The molecule has 0 saturated carbocycles. The van der Waals surface area contributed by atoms with Crippen LogP contribution in [0.2, 0.25) is 0 Å². The number of nitrogens with one attached hydrogen (secondary N) is 1. The number of carbonyl (C=O) groups excluding carboxylic acids is 1. The van der Waals surface area contributed by atoms with Gasteiger partial charge in [-0.3, -0.25) is 9.69 Å². The van der Waals surface area contributed by atoms with Gasteiger partial charge in [-0.15, -0.1) is 0 Å². The Bertz CT molecular complexity index is 479. The number of carbonyl (C=O) groups is 1. The van der Waals surface area contributed by atoms with Crippen LogP contribution >= 0.6 is 0 Å². The average molecular weight is 318 g/mol.